The SMILES string of the molecule is Cc1cccc(C(=O)C2C(c3ccc(F)cc3)C(C(N)=O)N(C(=O)N3CCOCC3)C2c2c(C)nn(C)c2Cl)c1. The van der Waals surface area contributed by atoms with E-state index in [0.29, 0.717) is 48.7 Å². The van der Waals surface area contributed by atoms with Gasteiger partial charge >= 0.3 is 6.03 Å². The van der Waals surface area contributed by atoms with Crippen molar-refractivity contribution >= 4 is 29.3 Å². The number of aromatic nitrogens is 2. The van der Waals surface area contributed by atoms with E-state index >= 15 is 0 Å². The van der Waals surface area contributed by atoms with Crippen molar-refractivity contribution < 1.29 is 23.5 Å². The molecule has 0 bridgehead atoms. The average Bonchev–Trinajstić information content (AvgIpc) is 3.41. The minimum atomic E-state index is -1.22. The molecule has 2 aliphatic rings. The third kappa shape index (κ3) is 4.86. The molecule has 40 heavy (non-hydrogen) atoms. The van der Waals surface area contributed by atoms with Gasteiger partial charge < -0.3 is 20.3 Å². The Bertz CT molecular complexity index is 1450. The molecule has 210 valence electrons. The molecule has 3 amide bonds. The number of nitrogens with zero attached hydrogens (tertiary/aromatic N) is 4. The van der Waals surface area contributed by atoms with Gasteiger partial charge in [0.05, 0.1) is 30.9 Å². The van der Waals surface area contributed by atoms with E-state index in [0.717, 1.165) is 5.56 Å². The second-order valence-corrected chi connectivity index (χ2v) is 10.7. The van der Waals surface area contributed by atoms with Gasteiger partial charge in [-0.05, 0) is 37.6 Å². The summed E-state index contributed by atoms with van der Waals surface area (Å²) in [6, 6.07) is 10.1. The summed E-state index contributed by atoms with van der Waals surface area (Å²) >= 11 is 6.78. The van der Waals surface area contributed by atoms with Gasteiger partial charge in [0.1, 0.15) is 17.0 Å². The van der Waals surface area contributed by atoms with E-state index in [1.165, 1.54) is 33.8 Å². The number of Topliss-reactive ketones (excluding diaryl/α,β-unsaturated/α-hetero) is 1. The fourth-order valence-corrected chi connectivity index (χ4v) is 6.34. The third-order valence-corrected chi connectivity index (χ3v) is 8.26. The normalized spacial score (nSPS) is 22.9. The summed E-state index contributed by atoms with van der Waals surface area (Å²) in [5, 5.41) is 4.70. The standard InChI is InChI=1S/C29H31ClFN5O4/c1-16-5-4-6-19(15-16)26(37)23-22(18-7-9-20(31)10-8-18)25(28(32)38)36(29(39)35-11-13-40-14-12-35)24(23)21-17(2)33-34(3)27(21)30/h4-10,15,22-25H,11-14H2,1-3H3,(H2,32,38). The first kappa shape index (κ1) is 27.8. The highest BCUT2D eigenvalue weighted by atomic mass is 35.5. The van der Waals surface area contributed by atoms with Crippen LogP contribution in [0.3, 0.4) is 0 Å². The van der Waals surface area contributed by atoms with E-state index in [9.17, 15) is 18.8 Å². The second kappa shape index (κ2) is 11.0. The topological polar surface area (TPSA) is 111 Å². The number of morpholine rings is 1. The van der Waals surface area contributed by atoms with E-state index in [1.54, 1.807) is 37.1 Å². The zero-order valence-electron chi connectivity index (χ0n) is 22.5. The number of rotatable bonds is 5. The molecule has 2 N–H and O–H groups in total. The Morgan fingerprint density at radius 1 is 1.07 bits per heavy atom. The average molecular weight is 568 g/mol. The Morgan fingerprint density at radius 2 is 1.75 bits per heavy atom. The fraction of sp³-hybridized carbons (Fsp3) is 0.379. The van der Waals surface area contributed by atoms with Crippen molar-refractivity contribution in [3.8, 4) is 0 Å². The molecule has 9 nitrogen and oxygen atoms in total. The van der Waals surface area contributed by atoms with Gasteiger partial charge in [0.25, 0.3) is 0 Å². The van der Waals surface area contributed by atoms with Crippen molar-refractivity contribution in [2.75, 3.05) is 26.3 Å². The first-order valence-corrected chi connectivity index (χ1v) is 13.5. The minimum absolute atomic E-state index is 0.243. The molecule has 11 heteroatoms. The summed E-state index contributed by atoms with van der Waals surface area (Å²) in [6.07, 6.45) is 0. The predicted molar refractivity (Wildman–Crippen MR) is 146 cm³/mol. The van der Waals surface area contributed by atoms with E-state index in [1.807, 2.05) is 13.0 Å². The Balaban J connectivity index is 1.78. The van der Waals surface area contributed by atoms with Crippen LogP contribution in [0.4, 0.5) is 9.18 Å². The summed E-state index contributed by atoms with van der Waals surface area (Å²) in [5.41, 5.74) is 8.83. The maximum absolute atomic E-state index is 14.5. The molecule has 2 aromatic carbocycles. The molecule has 2 fully saturated rings. The Kier molecular flexibility index (Phi) is 7.65. The van der Waals surface area contributed by atoms with Crippen LogP contribution in [0.2, 0.25) is 5.15 Å². The zero-order valence-corrected chi connectivity index (χ0v) is 23.3. The predicted octanol–water partition coefficient (Wildman–Crippen LogP) is 3.78. The van der Waals surface area contributed by atoms with Crippen LogP contribution in [0.15, 0.2) is 48.5 Å². The fourth-order valence-electron chi connectivity index (χ4n) is 6.05. The highest BCUT2D eigenvalue weighted by Crippen LogP contribution is 2.53. The van der Waals surface area contributed by atoms with Crippen molar-refractivity contribution in [1.82, 2.24) is 19.6 Å². The van der Waals surface area contributed by atoms with E-state index in [2.05, 4.69) is 5.10 Å². The number of ether oxygens (including phenoxy) is 1. The highest BCUT2D eigenvalue weighted by Gasteiger charge is 2.58. The lowest BCUT2D eigenvalue weighted by atomic mass is 9.76. The maximum atomic E-state index is 14.5. The van der Waals surface area contributed by atoms with E-state index in [-0.39, 0.29) is 10.9 Å². The number of halogens is 2. The number of benzene rings is 2. The summed E-state index contributed by atoms with van der Waals surface area (Å²) in [5.74, 6) is -3.39. The van der Waals surface area contributed by atoms with Crippen molar-refractivity contribution in [1.29, 1.82) is 0 Å². The molecular formula is C29H31ClFN5O4. The number of nitrogens with two attached hydrogens (primary N) is 1. The summed E-state index contributed by atoms with van der Waals surface area (Å²) in [6.45, 7) is 4.92. The van der Waals surface area contributed by atoms with Crippen molar-refractivity contribution in [3.63, 3.8) is 0 Å². The number of carbonyl (C=O) groups is 3. The first-order chi connectivity index (χ1) is 19.1. The number of ketones is 1. The lowest BCUT2D eigenvalue weighted by Gasteiger charge is -2.37. The molecule has 3 heterocycles. The number of likely N-dealkylation sites (tertiary alicyclic amines) is 1. The van der Waals surface area contributed by atoms with Crippen LogP contribution in [0.5, 0.6) is 0 Å². The van der Waals surface area contributed by atoms with Crippen LogP contribution in [0.25, 0.3) is 0 Å². The molecule has 2 aliphatic heterocycles. The molecule has 3 aromatic rings. The van der Waals surface area contributed by atoms with E-state index < -0.39 is 41.7 Å². The summed E-state index contributed by atoms with van der Waals surface area (Å²) in [7, 11) is 1.67. The molecule has 2 saturated heterocycles. The summed E-state index contributed by atoms with van der Waals surface area (Å²) < 4.78 is 20.9. The van der Waals surface area contributed by atoms with Gasteiger partial charge in [-0.2, -0.15) is 5.10 Å². The monoisotopic (exact) mass is 567 g/mol. The van der Waals surface area contributed by atoms with Gasteiger partial charge in [-0.25, -0.2) is 9.18 Å². The number of urea groups is 1. The van der Waals surface area contributed by atoms with Crippen molar-refractivity contribution in [2.45, 2.75) is 31.8 Å². The van der Waals surface area contributed by atoms with Gasteiger partial charge in [-0.15, -0.1) is 0 Å². The number of carbonyl (C=O) groups excluding carboxylic acids is 3. The molecule has 4 atom stereocenters. The molecule has 1 aromatic heterocycles. The Hall–Kier alpha value is -3.76. The molecule has 0 spiro atoms. The van der Waals surface area contributed by atoms with Crippen LogP contribution >= 0.6 is 11.6 Å². The van der Waals surface area contributed by atoms with Gasteiger partial charge in [0.2, 0.25) is 5.91 Å². The van der Waals surface area contributed by atoms with Crippen LogP contribution in [0, 0.1) is 25.6 Å². The molecule has 4 unspecified atom stereocenters. The quantitative estimate of drug-likeness (QED) is 0.472. The highest BCUT2D eigenvalue weighted by molar-refractivity contribution is 6.30. The molecule has 0 saturated carbocycles. The Labute approximate surface area is 236 Å². The van der Waals surface area contributed by atoms with Crippen LogP contribution in [0.1, 0.15) is 44.7 Å². The number of aryl methyl sites for hydroxylation is 3. The van der Waals surface area contributed by atoms with Gasteiger partial charge in [-0.1, -0.05) is 47.5 Å². The van der Waals surface area contributed by atoms with Crippen LogP contribution in [-0.4, -0.2) is 69.6 Å². The van der Waals surface area contributed by atoms with Crippen LogP contribution < -0.4 is 5.73 Å². The van der Waals surface area contributed by atoms with Gasteiger partial charge in [0.15, 0.2) is 5.78 Å². The summed E-state index contributed by atoms with van der Waals surface area (Å²) in [4.78, 5) is 45.1. The second-order valence-electron chi connectivity index (χ2n) is 10.3. The third-order valence-electron chi connectivity index (χ3n) is 7.81. The molecule has 0 radical (unpaired) electrons. The molecular weight excluding hydrogens is 537 g/mol. The number of primary amides is 1. The lowest BCUT2D eigenvalue weighted by Crippen LogP contribution is -2.54. The van der Waals surface area contributed by atoms with Gasteiger partial charge in [0, 0.05) is 37.2 Å². The van der Waals surface area contributed by atoms with Gasteiger partial charge in [-0.3, -0.25) is 14.3 Å². The Morgan fingerprint density at radius 3 is 2.33 bits per heavy atom. The lowest BCUT2D eigenvalue weighted by molar-refractivity contribution is -0.122. The van der Waals surface area contributed by atoms with Crippen molar-refractivity contribution in [3.05, 3.63) is 87.4 Å². The number of amides is 3. The van der Waals surface area contributed by atoms with E-state index in [4.69, 9.17) is 22.1 Å². The number of hydrogen-bond donors (Lipinski definition) is 1. The zero-order chi connectivity index (χ0) is 28.7. The first-order valence-electron chi connectivity index (χ1n) is 13.1. The molecule has 0 aliphatic carbocycles. The van der Waals surface area contributed by atoms with Crippen molar-refractivity contribution in [2.24, 2.45) is 18.7 Å². The smallest absolute Gasteiger partial charge is 0.321 e. The minimum Gasteiger partial charge on any atom is -0.378 e. The largest absolute Gasteiger partial charge is 0.378 e. The maximum Gasteiger partial charge on any atom is 0.321 e. The van der Waals surface area contributed by atoms with Crippen LogP contribution in [-0.2, 0) is 16.6 Å². The number of hydrogen-bond acceptors (Lipinski definition) is 5. The molecule has 5 rings (SSSR count).